The Morgan fingerprint density at radius 1 is 0.938 bits per heavy atom. The van der Waals surface area contributed by atoms with Gasteiger partial charge in [-0.05, 0) is 55.9 Å². The number of rotatable bonds is 7. The Hall–Kier alpha value is -3.15. The summed E-state index contributed by atoms with van der Waals surface area (Å²) in [6.45, 7) is 7.11. The second-order valence-corrected chi connectivity index (χ2v) is 8.91. The average molecular weight is 436 g/mol. The zero-order chi connectivity index (χ0) is 23.1. The van der Waals surface area contributed by atoms with Crippen LogP contribution in [-0.2, 0) is 4.79 Å². The van der Waals surface area contributed by atoms with Crippen LogP contribution in [0.25, 0.3) is 0 Å². The number of hydrogen-bond acceptors (Lipinski definition) is 3. The minimum absolute atomic E-state index is 0.0388. The summed E-state index contributed by atoms with van der Waals surface area (Å²) in [5.74, 6) is -0.0806. The molecule has 6 nitrogen and oxygen atoms in total. The summed E-state index contributed by atoms with van der Waals surface area (Å²) in [7, 11) is 0. The van der Waals surface area contributed by atoms with Gasteiger partial charge in [0.1, 0.15) is 6.04 Å². The lowest BCUT2D eigenvalue weighted by molar-refractivity contribution is -0.134. The Morgan fingerprint density at radius 2 is 1.56 bits per heavy atom. The standard InChI is InChI=1S/C26H33N3O3/c1-18(2)17-23(28-25(31)22-12-8-7-9-19(22)3)26(32)29-15-13-21(14-16-29)27-24(30)20-10-5-4-6-11-20/h4-12,18,21,23H,13-17H2,1-3H3,(H,27,30)(H,28,31). The highest BCUT2D eigenvalue weighted by Gasteiger charge is 2.30. The molecule has 2 N–H and O–H groups in total. The van der Waals surface area contributed by atoms with Gasteiger partial charge in [-0.2, -0.15) is 0 Å². The molecule has 2 aromatic rings. The van der Waals surface area contributed by atoms with Gasteiger partial charge in [-0.1, -0.05) is 50.2 Å². The molecule has 32 heavy (non-hydrogen) atoms. The smallest absolute Gasteiger partial charge is 0.252 e. The van der Waals surface area contributed by atoms with Crippen LogP contribution in [0.5, 0.6) is 0 Å². The van der Waals surface area contributed by atoms with Crippen molar-refractivity contribution in [2.24, 2.45) is 5.92 Å². The van der Waals surface area contributed by atoms with Crippen LogP contribution >= 0.6 is 0 Å². The van der Waals surface area contributed by atoms with Gasteiger partial charge in [0.05, 0.1) is 0 Å². The SMILES string of the molecule is Cc1ccccc1C(=O)NC(CC(C)C)C(=O)N1CCC(NC(=O)c2ccccc2)CC1. The predicted molar refractivity (Wildman–Crippen MR) is 125 cm³/mol. The van der Waals surface area contributed by atoms with Crippen molar-refractivity contribution in [2.75, 3.05) is 13.1 Å². The zero-order valence-electron chi connectivity index (χ0n) is 19.1. The Labute approximate surface area is 190 Å². The fraction of sp³-hybridized carbons (Fsp3) is 0.423. The van der Waals surface area contributed by atoms with E-state index in [4.69, 9.17) is 0 Å². The molecular weight excluding hydrogens is 402 g/mol. The minimum Gasteiger partial charge on any atom is -0.349 e. The average Bonchev–Trinajstić information content (AvgIpc) is 2.79. The zero-order valence-corrected chi connectivity index (χ0v) is 19.1. The van der Waals surface area contributed by atoms with Crippen molar-refractivity contribution in [3.63, 3.8) is 0 Å². The third-order valence-corrected chi connectivity index (χ3v) is 5.88. The number of piperidine rings is 1. The van der Waals surface area contributed by atoms with Crippen molar-refractivity contribution in [2.45, 2.75) is 52.1 Å². The van der Waals surface area contributed by atoms with Gasteiger partial charge in [-0.3, -0.25) is 14.4 Å². The molecule has 3 amide bonds. The van der Waals surface area contributed by atoms with Gasteiger partial charge in [0.25, 0.3) is 11.8 Å². The van der Waals surface area contributed by atoms with Crippen LogP contribution in [0.3, 0.4) is 0 Å². The van der Waals surface area contributed by atoms with Gasteiger partial charge >= 0.3 is 0 Å². The maximum absolute atomic E-state index is 13.3. The van der Waals surface area contributed by atoms with Crippen molar-refractivity contribution in [1.82, 2.24) is 15.5 Å². The van der Waals surface area contributed by atoms with Gasteiger partial charge in [0, 0.05) is 30.3 Å². The number of aryl methyl sites for hydroxylation is 1. The summed E-state index contributed by atoms with van der Waals surface area (Å²) < 4.78 is 0. The molecule has 0 bridgehead atoms. The predicted octanol–water partition coefficient (Wildman–Crippen LogP) is 3.56. The molecule has 0 spiro atoms. The molecule has 0 radical (unpaired) electrons. The first-order valence-electron chi connectivity index (χ1n) is 11.4. The van der Waals surface area contributed by atoms with E-state index in [1.165, 1.54) is 0 Å². The Morgan fingerprint density at radius 3 is 2.19 bits per heavy atom. The molecule has 1 atom stereocenters. The molecule has 1 saturated heterocycles. The molecule has 0 saturated carbocycles. The molecule has 2 aromatic carbocycles. The molecule has 3 rings (SSSR count). The van der Waals surface area contributed by atoms with Crippen LogP contribution in [0, 0.1) is 12.8 Å². The quantitative estimate of drug-likeness (QED) is 0.698. The van der Waals surface area contributed by atoms with Gasteiger partial charge in [-0.25, -0.2) is 0 Å². The first-order valence-corrected chi connectivity index (χ1v) is 11.4. The number of carbonyl (C=O) groups excluding carboxylic acids is 3. The van der Waals surface area contributed by atoms with Gasteiger partial charge in [-0.15, -0.1) is 0 Å². The van der Waals surface area contributed by atoms with E-state index in [0.717, 1.165) is 5.56 Å². The normalized spacial score (nSPS) is 15.3. The van der Waals surface area contributed by atoms with E-state index in [0.29, 0.717) is 43.5 Å². The van der Waals surface area contributed by atoms with Gasteiger partial charge in [0.15, 0.2) is 0 Å². The van der Waals surface area contributed by atoms with Gasteiger partial charge in [0.2, 0.25) is 5.91 Å². The number of carbonyl (C=O) groups is 3. The number of nitrogens with one attached hydrogen (secondary N) is 2. The molecule has 1 fully saturated rings. The Balaban J connectivity index is 1.58. The molecular formula is C26H33N3O3. The van der Waals surface area contributed by atoms with Gasteiger partial charge < -0.3 is 15.5 Å². The highest BCUT2D eigenvalue weighted by molar-refractivity contribution is 5.98. The summed E-state index contributed by atoms with van der Waals surface area (Å²) in [4.78, 5) is 40.3. The topological polar surface area (TPSA) is 78.5 Å². The third kappa shape index (κ3) is 6.19. The van der Waals surface area contributed by atoms with Crippen LogP contribution in [0.15, 0.2) is 54.6 Å². The Kier molecular flexibility index (Phi) is 8.03. The van der Waals surface area contributed by atoms with Crippen LogP contribution in [0.2, 0.25) is 0 Å². The fourth-order valence-corrected chi connectivity index (χ4v) is 4.08. The van der Waals surface area contributed by atoms with E-state index < -0.39 is 6.04 Å². The number of likely N-dealkylation sites (tertiary alicyclic amines) is 1. The van der Waals surface area contributed by atoms with Crippen molar-refractivity contribution in [1.29, 1.82) is 0 Å². The molecule has 1 aliphatic rings. The molecule has 0 aromatic heterocycles. The maximum Gasteiger partial charge on any atom is 0.252 e. The largest absolute Gasteiger partial charge is 0.349 e. The third-order valence-electron chi connectivity index (χ3n) is 5.88. The highest BCUT2D eigenvalue weighted by Crippen LogP contribution is 2.16. The van der Waals surface area contributed by atoms with Crippen LogP contribution in [0.4, 0.5) is 0 Å². The number of amides is 3. The number of benzene rings is 2. The fourth-order valence-electron chi connectivity index (χ4n) is 4.08. The van der Waals surface area contributed by atoms with E-state index in [-0.39, 0.29) is 29.7 Å². The van der Waals surface area contributed by atoms with E-state index in [1.807, 2.05) is 62.1 Å². The van der Waals surface area contributed by atoms with Crippen molar-refractivity contribution in [3.05, 3.63) is 71.3 Å². The molecule has 1 heterocycles. The van der Waals surface area contributed by atoms with Crippen LogP contribution < -0.4 is 10.6 Å². The van der Waals surface area contributed by atoms with E-state index in [1.54, 1.807) is 18.2 Å². The monoisotopic (exact) mass is 435 g/mol. The van der Waals surface area contributed by atoms with Crippen molar-refractivity contribution < 1.29 is 14.4 Å². The van der Waals surface area contributed by atoms with E-state index in [2.05, 4.69) is 10.6 Å². The summed E-state index contributed by atoms with van der Waals surface area (Å²) in [5.41, 5.74) is 2.12. The van der Waals surface area contributed by atoms with Crippen molar-refractivity contribution in [3.8, 4) is 0 Å². The lowest BCUT2D eigenvalue weighted by Crippen LogP contribution is -2.53. The lowest BCUT2D eigenvalue weighted by atomic mass is 9.99. The summed E-state index contributed by atoms with van der Waals surface area (Å²) in [6.07, 6.45) is 1.98. The van der Waals surface area contributed by atoms with Crippen molar-refractivity contribution >= 4 is 17.7 Å². The summed E-state index contributed by atoms with van der Waals surface area (Å²) in [6, 6.07) is 16.0. The second-order valence-electron chi connectivity index (χ2n) is 8.91. The molecule has 6 heteroatoms. The number of hydrogen-bond donors (Lipinski definition) is 2. The first-order chi connectivity index (χ1) is 15.3. The maximum atomic E-state index is 13.3. The first kappa shape index (κ1) is 23.5. The molecule has 1 aliphatic heterocycles. The number of nitrogens with zero attached hydrogens (tertiary/aromatic N) is 1. The Bertz CT molecular complexity index is 934. The molecule has 170 valence electrons. The summed E-state index contributed by atoms with van der Waals surface area (Å²) in [5, 5.41) is 6.04. The van der Waals surface area contributed by atoms with E-state index >= 15 is 0 Å². The molecule has 0 aliphatic carbocycles. The second kappa shape index (κ2) is 10.9. The highest BCUT2D eigenvalue weighted by atomic mass is 16.2. The van der Waals surface area contributed by atoms with E-state index in [9.17, 15) is 14.4 Å². The molecule has 1 unspecified atom stereocenters. The lowest BCUT2D eigenvalue weighted by Gasteiger charge is -2.35. The summed E-state index contributed by atoms with van der Waals surface area (Å²) >= 11 is 0. The minimum atomic E-state index is -0.558. The van der Waals surface area contributed by atoms with Crippen LogP contribution in [-0.4, -0.2) is 47.8 Å². The van der Waals surface area contributed by atoms with Crippen LogP contribution in [0.1, 0.15) is 59.4 Å².